The number of nitrogens with zero attached hydrogens (tertiary/aromatic N) is 3. The fraction of sp³-hybridized carbons (Fsp3) is 0.227. The summed E-state index contributed by atoms with van der Waals surface area (Å²) in [6.07, 6.45) is 0. The Hall–Kier alpha value is -3.61. The largest absolute Gasteiger partial charge is 0.496 e. The third-order valence-corrected chi connectivity index (χ3v) is 5.08. The van der Waals surface area contributed by atoms with Crippen LogP contribution in [-0.2, 0) is 11.3 Å². The van der Waals surface area contributed by atoms with E-state index in [2.05, 4.69) is 10.3 Å². The van der Waals surface area contributed by atoms with Crippen LogP contribution in [0.3, 0.4) is 0 Å². The minimum Gasteiger partial charge on any atom is -0.496 e. The summed E-state index contributed by atoms with van der Waals surface area (Å²) in [6.45, 7) is 4.03. The number of rotatable bonds is 5. The second kappa shape index (κ2) is 7.43. The number of hydrogen-bond acceptors (Lipinski definition) is 4. The highest BCUT2D eigenvalue weighted by Crippen LogP contribution is 2.25. The van der Waals surface area contributed by atoms with Crippen molar-refractivity contribution >= 4 is 22.5 Å². The predicted octanol–water partition coefficient (Wildman–Crippen LogP) is 2.84. The normalized spacial score (nSPS) is 12.2. The fourth-order valence-electron chi connectivity index (χ4n) is 3.68. The number of fused-ring (bicyclic) bond motifs is 3. The number of amides is 1. The van der Waals surface area contributed by atoms with Crippen LogP contribution in [0.4, 0.5) is 0 Å². The average molecular weight is 390 g/mol. The number of ether oxygens (including phenoxy) is 1. The van der Waals surface area contributed by atoms with Gasteiger partial charge >= 0.3 is 0 Å². The summed E-state index contributed by atoms with van der Waals surface area (Å²) in [4.78, 5) is 29.1. The molecule has 0 aliphatic carbocycles. The molecule has 7 nitrogen and oxygen atoms in total. The van der Waals surface area contributed by atoms with E-state index >= 15 is 0 Å². The van der Waals surface area contributed by atoms with E-state index in [1.54, 1.807) is 7.11 Å². The molecule has 0 fully saturated rings. The molecule has 0 aliphatic heterocycles. The molecule has 1 atom stereocenters. The molecule has 0 saturated heterocycles. The van der Waals surface area contributed by atoms with Crippen molar-refractivity contribution in [2.45, 2.75) is 26.4 Å². The number of carbonyl (C=O) groups is 1. The number of hydrogen-bond donors (Lipinski definition) is 1. The monoisotopic (exact) mass is 390 g/mol. The number of carbonyl (C=O) groups excluding carboxylic acids is 1. The Morgan fingerprint density at radius 1 is 1.17 bits per heavy atom. The summed E-state index contributed by atoms with van der Waals surface area (Å²) in [5.41, 5.74) is 2.72. The molecule has 29 heavy (non-hydrogen) atoms. The molecule has 2 aromatic heterocycles. The molecule has 7 heteroatoms. The van der Waals surface area contributed by atoms with Crippen LogP contribution in [0.25, 0.3) is 16.6 Å². The Bertz CT molecular complexity index is 1270. The van der Waals surface area contributed by atoms with Crippen LogP contribution in [0.15, 0.2) is 59.4 Å². The van der Waals surface area contributed by atoms with Crippen LogP contribution >= 0.6 is 0 Å². The van der Waals surface area contributed by atoms with Gasteiger partial charge in [-0.05, 0) is 32.0 Å². The summed E-state index contributed by atoms with van der Waals surface area (Å²) < 4.78 is 9.07. The van der Waals surface area contributed by atoms with E-state index < -0.39 is 6.04 Å². The minimum atomic E-state index is -0.518. The standard InChI is InChI=1S/C22H22N4O3/c1-14-12-20(27)24-21-17-9-5-6-10-18(17)26(25(14)21)15(2)22(28)23-13-16-8-4-7-11-19(16)29-3/h4-12,15H,13H2,1-3H3,(H,23,28)/t15-/m0/s1. The summed E-state index contributed by atoms with van der Waals surface area (Å²) in [7, 11) is 1.61. The first kappa shape index (κ1) is 18.7. The molecule has 0 unspecified atom stereocenters. The highest BCUT2D eigenvalue weighted by Gasteiger charge is 2.22. The number of aromatic nitrogens is 3. The molecule has 0 radical (unpaired) electrons. The van der Waals surface area contributed by atoms with E-state index in [0.29, 0.717) is 12.2 Å². The van der Waals surface area contributed by atoms with Crippen LogP contribution in [0, 0.1) is 6.92 Å². The Balaban J connectivity index is 1.73. The molecular formula is C22H22N4O3. The molecule has 148 valence electrons. The van der Waals surface area contributed by atoms with Crippen molar-refractivity contribution in [3.63, 3.8) is 0 Å². The summed E-state index contributed by atoms with van der Waals surface area (Å²) in [5.74, 6) is 0.589. The molecule has 1 amide bonds. The molecule has 1 N–H and O–H groups in total. The Morgan fingerprint density at radius 3 is 2.69 bits per heavy atom. The van der Waals surface area contributed by atoms with Crippen LogP contribution in [0.2, 0.25) is 0 Å². The van der Waals surface area contributed by atoms with Gasteiger partial charge in [-0.2, -0.15) is 4.98 Å². The van der Waals surface area contributed by atoms with Crippen molar-refractivity contribution in [3.8, 4) is 5.75 Å². The highest BCUT2D eigenvalue weighted by molar-refractivity contribution is 5.94. The van der Waals surface area contributed by atoms with Crippen molar-refractivity contribution in [3.05, 3.63) is 76.2 Å². The van der Waals surface area contributed by atoms with Gasteiger partial charge in [-0.25, -0.2) is 4.52 Å². The molecule has 4 aromatic rings. The van der Waals surface area contributed by atoms with Gasteiger partial charge in [0.1, 0.15) is 11.8 Å². The smallest absolute Gasteiger partial charge is 0.273 e. The first-order valence-corrected chi connectivity index (χ1v) is 9.40. The molecule has 2 aromatic carbocycles. The Labute approximate surface area is 167 Å². The number of benzene rings is 2. The van der Waals surface area contributed by atoms with E-state index in [1.165, 1.54) is 6.07 Å². The van der Waals surface area contributed by atoms with Crippen molar-refractivity contribution in [2.75, 3.05) is 7.11 Å². The molecule has 2 heterocycles. The highest BCUT2D eigenvalue weighted by atomic mass is 16.5. The third-order valence-electron chi connectivity index (χ3n) is 5.08. The first-order valence-electron chi connectivity index (χ1n) is 9.40. The van der Waals surface area contributed by atoms with Gasteiger partial charge in [0.2, 0.25) is 5.91 Å². The van der Waals surface area contributed by atoms with E-state index in [9.17, 15) is 9.59 Å². The van der Waals surface area contributed by atoms with Crippen molar-refractivity contribution in [1.82, 2.24) is 19.5 Å². The summed E-state index contributed by atoms with van der Waals surface area (Å²) in [6, 6.07) is 16.2. The zero-order valence-electron chi connectivity index (χ0n) is 16.5. The van der Waals surface area contributed by atoms with Gasteiger partial charge in [-0.1, -0.05) is 30.3 Å². The van der Waals surface area contributed by atoms with E-state index in [4.69, 9.17) is 4.74 Å². The maximum Gasteiger partial charge on any atom is 0.273 e. The van der Waals surface area contributed by atoms with Gasteiger partial charge < -0.3 is 10.1 Å². The van der Waals surface area contributed by atoms with Crippen molar-refractivity contribution < 1.29 is 9.53 Å². The Morgan fingerprint density at radius 2 is 1.90 bits per heavy atom. The lowest BCUT2D eigenvalue weighted by Gasteiger charge is -2.18. The van der Waals surface area contributed by atoms with Gasteiger partial charge in [0.05, 0.1) is 12.6 Å². The second-order valence-corrected chi connectivity index (χ2v) is 6.94. The van der Waals surface area contributed by atoms with Gasteiger partial charge in [0, 0.05) is 29.3 Å². The lowest BCUT2D eigenvalue weighted by molar-refractivity contribution is -0.124. The number of nitrogens with one attached hydrogen (secondary N) is 1. The number of methoxy groups -OCH3 is 1. The maximum absolute atomic E-state index is 13.0. The second-order valence-electron chi connectivity index (χ2n) is 6.94. The summed E-state index contributed by atoms with van der Waals surface area (Å²) in [5, 5.41) is 3.82. The van der Waals surface area contributed by atoms with E-state index in [1.807, 2.05) is 71.6 Å². The quantitative estimate of drug-likeness (QED) is 0.568. The molecule has 0 saturated carbocycles. The van der Waals surface area contributed by atoms with Crippen LogP contribution < -0.4 is 15.6 Å². The number of aryl methyl sites for hydroxylation is 1. The third kappa shape index (κ3) is 3.24. The molecular weight excluding hydrogens is 368 g/mol. The van der Waals surface area contributed by atoms with Gasteiger partial charge in [-0.3, -0.25) is 14.3 Å². The fourth-order valence-corrected chi connectivity index (χ4v) is 3.68. The molecule has 0 spiro atoms. The van der Waals surface area contributed by atoms with Crippen molar-refractivity contribution in [1.29, 1.82) is 0 Å². The topological polar surface area (TPSA) is 77.6 Å². The maximum atomic E-state index is 13.0. The zero-order valence-corrected chi connectivity index (χ0v) is 16.5. The minimum absolute atomic E-state index is 0.142. The SMILES string of the molecule is COc1ccccc1CNC(=O)[C@H](C)n1c2ccccc2c2nc(=O)cc(C)n21. The van der Waals surface area contributed by atoms with Gasteiger partial charge in [0.25, 0.3) is 5.56 Å². The van der Waals surface area contributed by atoms with Crippen molar-refractivity contribution in [2.24, 2.45) is 0 Å². The lowest BCUT2D eigenvalue weighted by atomic mass is 10.2. The molecule has 0 bridgehead atoms. The average Bonchev–Trinajstić information content (AvgIpc) is 3.06. The first-order chi connectivity index (χ1) is 14.0. The van der Waals surface area contributed by atoms with E-state index in [-0.39, 0.29) is 11.5 Å². The predicted molar refractivity (Wildman–Crippen MR) is 111 cm³/mol. The molecule has 4 rings (SSSR count). The Kier molecular flexibility index (Phi) is 4.80. The number of para-hydroxylation sites is 2. The lowest BCUT2D eigenvalue weighted by Crippen LogP contribution is -2.32. The van der Waals surface area contributed by atoms with Crippen LogP contribution in [0.1, 0.15) is 24.2 Å². The molecule has 0 aliphatic rings. The van der Waals surface area contributed by atoms with Crippen LogP contribution in [-0.4, -0.2) is 27.2 Å². The van der Waals surface area contributed by atoms with E-state index in [0.717, 1.165) is 27.9 Å². The van der Waals surface area contributed by atoms with Gasteiger partial charge in [-0.15, -0.1) is 0 Å². The van der Waals surface area contributed by atoms with Gasteiger partial charge in [0.15, 0.2) is 5.65 Å². The summed E-state index contributed by atoms with van der Waals surface area (Å²) >= 11 is 0. The zero-order chi connectivity index (χ0) is 20.5. The van der Waals surface area contributed by atoms with Crippen LogP contribution in [0.5, 0.6) is 5.75 Å².